The Hall–Kier alpha value is -2.06. The molecule has 8 nitrogen and oxygen atoms in total. The van der Waals surface area contributed by atoms with Gasteiger partial charge >= 0.3 is 0 Å². The van der Waals surface area contributed by atoms with Gasteiger partial charge in [0.15, 0.2) is 0 Å². The standard InChI is InChI=1S/C13H17N3O5/c17-15(18)12-5-4-10(13(7-12)16(19)20)8-21-9-11-3-1-2-6-14-11/h4-5,7,11,14H,1-3,6,8-9H2. The molecule has 8 heteroatoms. The Kier molecular flexibility index (Phi) is 5.18. The molecule has 2 rings (SSSR count). The van der Waals surface area contributed by atoms with Crippen LogP contribution in [-0.4, -0.2) is 29.0 Å². The van der Waals surface area contributed by atoms with Gasteiger partial charge in [-0.25, -0.2) is 0 Å². The molecule has 0 spiro atoms. The second kappa shape index (κ2) is 7.09. The van der Waals surface area contributed by atoms with E-state index in [-0.39, 0.29) is 24.0 Å². The summed E-state index contributed by atoms with van der Waals surface area (Å²) in [6, 6.07) is 3.88. The number of piperidine rings is 1. The zero-order chi connectivity index (χ0) is 15.2. The number of ether oxygens (including phenoxy) is 1. The highest BCUT2D eigenvalue weighted by atomic mass is 16.6. The third-order valence-electron chi connectivity index (χ3n) is 3.47. The predicted molar refractivity (Wildman–Crippen MR) is 75.0 cm³/mol. The highest BCUT2D eigenvalue weighted by molar-refractivity contribution is 5.48. The van der Waals surface area contributed by atoms with Crippen molar-refractivity contribution in [2.45, 2.75) is 31.9 Å². The molecule has 1 atom stereocenters. The first-order valence-electron chi connectivity index (χ1n) is 6.81. The largest absolute Gasteiger partial charge is 0.375 e. The molecule has 1 aromatic rings. The molecule has 1 heterocycles. The molecular formula is C13H17N3O5. The maximum atomic E-state index is 11.0. The molecule has 114 valence electrons. The summed E-state index contributed by atoms with van der Waals surface area (Å²) in [5.74, 6) is 0. The van der Waals surface area contributed by atoms with Crippen LogP contribution >= 0.6 is 0 Å². The van der Waals surface area contributed by atoms with Gasteiger partial charge in [0.25, 0.3) is 11.4 Å². The molecule has 1 unspecified atom stereocenters. The van der Waals surface area contributed by atoms with E-state index in [1.807, 2.05) is 0 Å². The number of nitrogens with one attached hydrogen (secondary N) is 1. The van der Waals surface area contributed by atoms with Gasteiger partial charge in [-0.05, 0) is 25.5 Å². The number of hydrogen-bond acceptors (Lipinski definition) is 6. The lowest BCUT2D eigenvalue weighted by Gasteiger charge is -2.23. The summed E-state index contributed by atoms with van der Waals surface area (Å²) in [5, 5.41) is 24.9. The van der Waals surface area contributed by atoms with E-state index < -0.39 is 9.85 Å². The summed E-state index contributed by atoms with van der Waals surface area (Å²) in [5.41, 5.74) is -0.221. The van der Waals surface area contributed by atoms with Crippen molar-refractivity contribution in [3.8, 4) is 0 Å². The minimum absolute atomic E-state index is 0.0759. The molecule has 1 aliphatic rings. The molecular weight excluding hydrogens is 278 g/mol. The fraction of sp³-hybridized carbons (Fsp3) is 0.538. The number of hydrogen-bond donors (Lipinski definition) is 1. The Morgan fingerprint density at radius 2 is 2.05 bits per heavy atom. The molecule has 1 aliphatic heterocycles. The Bertz CT molecular complexity index is 529. The van der Waals surface area contributed by atoms with E-state index in [2.05, 4.69) is 5.32 Å². The average Bonchev–Trinajstić information content (AvgIpc) is 2.48. The molecule has 0 bridgehead atoms. The third kappa shape index (κ3) is 4.20. The van der Waals surface area contributed by atoms with Crippen LogP contribution in [0.1, 0.15) is 24.8 Å². The zero-order valence-corrected chi connectivity index (χ0v) is 11.5. The molecule has 21 heavy (non-hydrogen) atoms. The normalized spacial score (nSPS) is 18.4. The molecule has 1 saturated heterocycles. The van der Waals surface area contributed by atoms with Crippen molar-refractivity contribution in [1.29, 1.82) is 0 Å². The first-order chi connectivity index (χ1) is 10.1. The van der Waals surface area contributed by atoms with Gasteiger partial charge in [-0.1, -0.05) is 6.42 Å². The van der Waals surface area contributed by atoms with Crippen LogP contribution in [0.3, 0.4) is 0 Å². The fourth-order valence-corrected chi connectivity index (χ4v) is 2.34. The van der Waals surface area contributed by atoms with Crippen LogP contribution in [0.2, 0.25) is 0 Å². The minimum atomic E-state index is -0.649. The molecule has 1 aromatic carbocycles. The van der Waals surface area contributed by atoms with E-state index >= 15 is 0 Å². The van der Waals surface area contributed by atoms with E-state index in [0.717, 1.165) is 31.9 Å². The molecule has 0 aromatic heterocycles. The molecule has 1 fully saturated rings. The highest BCUT2D eigenvalue weighted by Crippen LogP contribution is 2.25. The molecule has 0 saturated carbocycles. The van der Waals surface area contributed by atoms with Crippen LogP contribution in [0.5, 0.6) is 0 Å². The van der Waals surface area contributed by atoms with Crippen molar-refractivity contribution in [2.24, 2.45) is 0 Å². The second-order valence-electron chi connectivity index (χ2n) is 4.99. The number of rotatable bonds is 6. The molecule has 0 aliphatic carbocycles. The number of nitro groups is 2. The summed E-state index contributed by atoms with van der Waals surface area (Å²) in [6.45, 7) is 1.52. The second-order valence-corrected chi connectivity index (χ2v) is 4.99. The Morgan fingerprint density at radius 3 is 2.67 bits per heavy atom. The summed E-state index contributed by atoms with van der Waals surface area (Å²) < 4.78 is 5.51. The Balaban J connectivity index is 1.98. The highest BCUT2D eigenvalue weighted by Gasteiger charge is 2.20. The van der Waals surface area contributed by atoms with Crippen LogP contribution in [0.15, 0.2) is 18.2 Å². The van der Waals surface area contributed by atoms with Crippen LogP contribution in [-0.2, 0) is 11.3 Å². The van der Waals surface area contributed by atoms with E-state index in [1.165, 1.54) is 12.1 Å². The first-order valence-corrected chi connectivity index (χ1v) is 6.81. The number of non-ortho nitro benzene ring substituents is 1. The van der Waals surface area contributed by atoms with Crippen LogP contribution in [0.4, 0.5) is 11.4 Å². The fourth-order valence-electron chi connectivity index (χ4n) is 2.34. The molecule has 1 N–H and O–H groups in total. The van der Waals surface area contributed by atoms with Gasteiger partial charge in [0.2, 0.25) is 0 Å². The first kappa shape index (κ1) is 15.3. The SMILES string of the molecule is O=[N+]([O-])c1ccc(COCC2CCCCN2)c([N+](=O)[O-])c1. The number of nitrogens with zero attached hydrogens (tertiary/aromatic N) is 2. The van der Waals surface area contributed by atoms with Crippen LogP contribution in [0, 0.1) is 20.2 Å². The van der Waals surface area contributed by atoms with E-state index in [1.54, 1.807) is 0 Å². The third-order valence-corrected chi connectivity index (χ3v) is 3.47. The predicted octanol–water partition coefficient (Wildman–Crippen LogP) is 2.16. The van der Waals surface area contributed by atoms with Gasteiger partial charge in [0.1, 0.15) is 0 Å². The van der Waals surface area contributed by atoms with Crippen LogP contribution in [0.25, 0.3) is 0 Å². The zero-order valence-electron chi connectivity index (χ0n) is 11.5. The van der Waals surface area contributed by atoms with Gasteiger partial charge in [-0.3, -0.25) is 20.2 Å². The Labute approximate surface area is 121 Å². The Morgan fingerprint density at radius 1 is 1.24 bits per heavy atom. The average molecular weight is 295 g/mol. The number of benzene rings is 1. The van der Waals surface area contributed by atoms with E-state index in [9.17, 15) is 20.2 Å². The van der Waals surface area contributed by atoms with Gasteiger partial charge in [-0.15, -0.1) is 0 Å². The van der Waals surface area contributed by atoms with Gasteiger partial charge in [0, 0.05) is 12.1 Å². The lowest BCUT2D eigenvalue weighted by atomic mass is 10.1. The van der Waals surface area contributed by atoms with Crippen molar-refractivity contribution in [2.75, 3.05) is 13.2 Å². The van der Waals surface area contributed by atoms with Crippen molar-refractivity contribution in [3.05, 3.63) is 44.0 Å². The quantitative estimate of drug-likeness (QED) is 0.636. The summed E-state index contributed by atoms with van der Waals surface area (Å²) in [6.07, 6.45) is 3.34. The topological polar surface area (TPSA) is 108 Å². The van der Waals surface area contributed by atoms with Gasteiger partial charge < -0.3 is 10.1 Å². The van der Waals surface area contributed by atoms with Crippen LogP contribution < -0.4 is 5.32 Å². The van der Waals surface area contributed by atoms with Crippen molar-refractivity contribution >= 4 is 11.4 Å². The summed E-state index contributed by atoms with van der Waals surface area (Å²) >= 11 is 0. The van der Waals surface area contributed by atoms with Crippen molar-refractivity contribution in [1.82, 2.24) is 5.32 Å². The smallest absolute Gasteiger partial charge is 0.281 e. The van der Waals surface area contributed by atoms with E-state index in [0.29, 0.717) is 12.2 Å². The van der Waals surface area contributed by atoms with Gasteiger partial charge in [0.05, 0.1) is 34.7 Å². The lowest BCUT2D eigenvalue weighted by molar-refractivity contribution is -0.394. The van der Waals surface area contributed by atoms with Crippen molar-refractivity contribution < 1.29 is 14.6 Å². The lowest BCUT2D eigenvalue weighted by Crippen LogP contribution is -2.37. The maximum Gasteiger partial charge on any atom is 0.281 e. The van der Waals surface area contributed by atoms with E-state index in [4.69, 9.17) is 4.74 Å². The molecule has 0 amide bonds. The summed E-state index contributed by atoms with van der Waals surface area (Å²) in [7, 11) is 0. The number of nitro benzene ring substituents is 2. The van der Waals surface area contributed by atoms with Crippen molar-refractivity contribution in [3.63, 3.8) is 0 Å². The minimum Gasteiger partial charge on any atom is -0.375 e. The maximum absolute atomic E-state index is 11.0. The monoisotopic (exact) mass is 295 g/mol. The molecule has 0 radical (unpaired) electrons. The van der Waals surface area contributed by atoms with Gasteiger partial charge in [-0.2, -0.15) is 0 Å². The summed E-state index contributed by atoms with van der Waals surface area (Å²) in [4.78, 5) is 20.4.